The maximum atomic E-state index is 11.7. The Morgan fingerprint density at radius 1 is 1.31 bits per heavy atom. The highest BCUT2D eigenvalue weighted by Gasteiger charge is 2.05. The SMILES string of the molecule is O=C(Nc1cccnc1)c1ccc(=O)[nH]c1. The van der Waals surface area contributed by atoms with Gasteiger partial charge in [-0.1, -0.05) is 0 Å². The van der Waals surface area contributed by atoms with Gasteiger partial charge in [-0.25, -0.2) is 0 Å². The van der Waals surface area contributed by atoms with Crippen LogP contribution in [0.25, 0.3) is 0 Å². The molecule has 2 heterocycles. The Morgan fingerprint density at radius 2 is 2.19 bits per heavy atom. The average Bonchev–Trinajstić information content (AvgIpc) is 2.31. The van der Waals surface area contributed by atoms with E-state index in [1.165, 1.54) is 18.3 Å². The highest BCUT2D eigenvalue weighted by Crippen LogP contribution is 2.05. The molecule has 0 spiro atoms. The number of anilines is 1. The molecule has 2 N–H and O–H groups in total. The van der Waals surface area contributed by atoms with Crippen molar-refractivity contribution in [2.24, 2.45) is 0 Å². The number of pyridine rings is 2. The molecule has 2 aromatic rings. The van der Waals surface area contributed by atoms with Gasteiger partial charge < -0.3 is 10.3 Å². The van der Waals surface area contributed by atoms with Crippen molar-refractivity contribution < 1.29 is 4.79 Å². The molecule has 0 atom stereocenters. The molecular weight excluding hydrogens is 206 g/mol. The van der Waals surface area contributed by atoms with E-state index in [4.69, 9.17) is 0 Å². The molecule has 0 bridgehead atoms. The highest BCUT2D eigenvalue weighted by atomic mass is 16.1. The quantitative estimate of drug-likeness (QED) is 0.785. The van der Waals surface area contributed by atoms with Gasteiger partial charge in [0.1, 0.15) is 0 Å². The predicted octanol–water partition coefficient (Wildman–Crippen LogP) is 1.02. The molecule has 16 heavy (non-hydrogen) atoms. The number of nitrogens with one attached hydrogen (secondary N) is 2. The first-order valence-electron chi connectivity index (χ1n) is 4.66. The zero-order chi connectivity index (χ0) is 11.4. The number of hydrogen-bond acceptors (Lipinski definition) is 3. The Labute approximate surface area is 91.2 Å². The summed E-state index contributed by atoms with van der Waals surface area (Å²) in [5.41, 5.74) is 0.764. The van der Waals surface area contributed by atoms with Gasteiger partial charge in [-0.3, -0.25) is 14.6 Å². The van der Waals surface area contributed by atoms with E-state index in [1.807, 2.05) is 0 Å². The van der Waals surface area contributed by atoms with Gasteiger partial charge in [0.05, 0.1) is 17.4 Å². The smallest absolute Gasteiger partial charge is 0.257 e. The van der Waals surface area contributed by atoms with Gasteiger partial charge in [0, 0.05) is 18.5 Å². The molecule has 2 rings (SSSR count). The second kappa shape index (κ2) is 4.39. The van der Waals surface area contributed by atoms with E-state index in [-0.39, 0.29) is 11.5 Å². The lowest BCUT2D eigenvalue weighted by Crippen LogP contribution is -2.14. The number of aromatic amines is 1. The molecule has 5 nitrogen and oxygen atoms in total. The van der Waals surface area contributed by atoms with Crippen LogP contribution in [0.4, 0.5) is 5.69 Å². The molecule has 5 heteroatoms. The van der Waals surface area contributed by atoms with E-state index in [0.717, 1.165) is 0 Å². The lowest BCUT2D eigenvalue weighted by molar-refractivity contribution is 0.102. The maximum Gasteiger partial charge on any atom is 0.257 e. The summed E-state index contributed by atoms with van der Waals surface area (Å²) in [7, 11) is 0. The summed E-state index contributed by atoms with van der Waals surface area (Å²) in [5, 5.41) is 2.65. The van der Waals surface area contributed by atoms with Crippen LogP contribution in [0.3, 0.4) is 0 Å². The van der Waals surface area contributed by atoms with Crippen LogP contribution in [0.15, 0.2) is 47.7 Å². The van der Waals surface area contributed by atoms with E-state index in [0.29, 0.717) is 11.3 Å². The van der Waals surface area contributed by atoms with Gasteiger partial charge in [0.2, 0.25) is 5.56 Å². The monoisotopic (exact) mass is 215 g/mol. The minimum Gasteiger partial charge on any atom is -0.328 e. The largest absolute Gasteiger partial charge is 0.328 e. The molecule has 0 fully saturated rings. The summed E-state index contributed by atoms with van der Waals surface area (Å²) in [4.78, 5) is 28.8. The second-order valence-corrected chi connectivity index (χ2v) is 3.14. The zero-order valence-electron chi connectivity index (χ0n) is 8.31. The molecule has 0 saturated carbocycles. The van der Waals surface area contributed by atoms with E-state index in [2.05, 4.69) is 15.3 Å². The Kier molecular flexibility index (Phi) is 2.77. The number of aromatic nitrogens is 2. The Hall–Kier alpha value is -2.43. The van der Waals surface area contributed by atoms with Crippen molar-refractivity contribution in [3.8, 4) is 0 Å². The van der Waals surface area contributed by atoms with Crippen LogP contribution in [0.5, 0.6) is 0 Å². The van der Waals surface area contributed by atoms with Crippen molar-refractivity contribution in [3.05, 3.63) is 58.8 Å². The fraction of sp³-hybridized carbons (Fsp3) is 0. The molecule has 0 aromatic carbocycles. The van der Waals surface area contributed by atoms with Crippen LogP contribution < -0.4 is 10.9 Å². The van der Waals surface area contributed by atoms with Gasteiger partial charge in [-0.15, -0.1) is 0 Å². The normalized spacial score (nSPS) is 9.75. The lowest BCUT2D eigenvalue weighted by Gasteiger charge is -2.03. The second-order valence-electron chi connectivity index (χ2n) is 3.14. The minimum atomic E-state index is -0.288. The Balaban J connectivity index is 2.15. The Morgan fingerprint density at radius 3 is 2.81 bits per heavy atom. The predicted molar refractivity (Wildman–Crippen MR) is 59.3 cm³/mol. The first kappa shape index (κ1) is 10.1. The van der Waals surface area contributed by atoms with Crippen LogP contribution in [-0.4, -0.2) is 15.9 Å². The topological polar surface area (TPSA) is 74.8 Å². The van der Waals surface area contributed by atoms with Crippen LogP contribution in [0, 0.1) is 0 Å². The van der Waals surface area contributed by atoms with E-state index >= 15 is 0 Å². The standard InChI is InChI=1S/C11H9N3O2/c15-10-4-3-8(6-13-10)11(16)14-9-2-1-5-12-7-9/h1-7H,(H,13,15)(H,14,16). The van der Waals surface area contributed by atoms with E-state index < -0.39 is 0 Å². The summed E-state index contributed by atoms with van der Waals surface area (Å²) in [6, 6.07) is 6.22. The number of hydrogen-bond donors (Lipinski definition) is 2. The van der Waals surface area contributed by atoms with E-state index in [1.54, 1.807) is 24.5 Å². The maximum absolute atomic E-state index is 11.7. The van der Waals surface area contributed by atoms with Crippen LogP contribution in [0.2, 0.25) is 0 Å². The third kappa shape index (κ3) is 2.33. The molecule has 0 radical (unpaired) electrons. The third-order valence-corrected chi connectivity index (χ3v) is 1.97. The molecule has 0 aliphatic rings. The Bertz CT molecular complexity index is 528. The summed E-state index contributed by atoms with van der Waals surface area (Å²) >= 11 is 0. The highest BCUT2D eigenvalue weighted by molar-refractivity contribution is 6.03. The van der Waals surface area contributed by atoms with Gasteiger partial charge in [0.15, 0.2) is 0 Å². The van der Waals surface area contributed by atoms with Gasteiger partial charge in [0.25, 0.3) is 5.91 Å². The van der Waals surface area contributed by atoms with Gasteiger partial charge in [-0.2, -0.15) is 0 Å². The van der Waals surface area contributed by atoms with Gasteiger partial charge >= 0.3 is 0 Å². The van der Waals surface area contributed by atoms with Crippen molar-refractivity contribution >= 4 is 11.6 Å². The number of carbonyl (C=O) groups excluding carboxylic acids is 1. The molecule has 0 aliphatic carbocycles. The van der Waals surface area contributed by atoms with Crippen molar-refractivity contribution in [1.82, 2.24) is 9.97 Å². The molecular formula is C11H9N3O2. The molecule has 0 saturated heterocycles. The fourth-order valence-corrected chi connectivity index (χ4v) is 1.19. The van der Waals surface area contributed by atoms with Crippen molar-refractivity contribution in [1.29, 1.82) is 0 Å². The van der Waals surface area contributed by atoms with Crippen LogP contribution in [0.1, 0.15) is 10.4 Å². The summed E-state index contributed by atoms with van der Waals surface area (Å²) in [5.74, 6) is -0.288. The van der Waals surface area contributed by atoms with Crippen molar-refractivity contribution in [2.75, 3.05) is 5.32 Å². The molecule has 1 amide bonds. The lowest BCUT2D eigenvalue weighted by atomic mass is 10.2. The summed E-state index contributed by atoms with van der Waals surface area (Å²) in [6.07, 6.45) is 4.53. The minimum absolute atomic E-state index is 0.238. The number of carbonyl (C=O) groups is 1. The van der Waals surface area contributed by atoms with Crippen LogP contribution in [-0.2, 0) is 0 Å². The number of amides is 1. The average molecular weight is 215 g/mol. The van der Waals surface area contributed by atoms with E-state index in [9.17, 15) is 9.59 Å². The third-order valence-electron chi connectivity index (χ3n) is 1.97. The van der Waals surface area contributed by atoms with Crippen molar-refractivity contribution in [3.63, 3.8) is 0 Å². The number of H-pyrrole nitrogens is 1. The molecule has 0 unspecified atom stereocenters. The molecule has 2 aromatic heterocycles. The number of rotatable bonds is 2. The summed E-state index contributed by atoms with van der Waals surface area (Å²) in [6.45, 7) is 0. The van der Waals surface area contributed by atoms with Crippen LogP contribution >= 0.6 is 0 Å². The first-order chi connectivity index (χ1) is 7.75. The summed E-state index contributed by atoms with van der Waals surface area (Å²) < 4.78 is 0. The molecule has 80 valence electrons. The molecule has 0 aliphatic heterocycles. The first-order valence-corrected chi connectivity index (χ1v) is 4.66. The number of nitrogens with zero attached hydrogens (tertiary/aromatic N) is 1. The van der Waals surface area contributed by atoms with Gasteiger partial charge in [-0.05, 0) is 18.2 Å². The zero-order valence-corrected chi connectivity index (χ0v) is 8.31. The van der Waals surface area contributed by atoms with Crippen molar-refractivity contribution in [2.45, 2.75) is 0 Å². The fourth-order valence-electron chi connectivity index (χ4n) is 1.19.